The van der Waals surface area contributed by atoms with E-state index in [0.29, 0.717) is 51.3 Å². The van der Waals surface area contributed by atoms with E-state index in [1.807, 2.05) is 19.0 Å². The number of hydroxylamine groups is 2. The fourth-order valence-corrected chi connectivity index (χ4v) is 8.82. The summed E-state index contributed by atoms with van der Waals surface area (Å²) < 4.78 is 36.7. The van der Waals surface area contributed by atoms with E-state index in [1.54, 1.807) is 37.4 Å². The second-order valence-electron chi connectivity index (χ2n) is 16.4. The van der Waals surface area contributed by atoms with Gasteiger partial charge in [0, 0.05) is 90.4 Å². The molecule has 0 saturated heterocycles. The molecule has 4 rings (SSSR count). The molecule has 0 bridgehead atoms. The van der Waals surface area contributed by atoms with Gasteiger partial charge >= 0.3 is 23.9 Å². The topological polar surface area (TPSA) is 349 Å². The number of aliphatic carboxylic acids is 4. The second-order valence-corrected chi connectivity index (χ2v) is 18.4. The molecule has 0 heterocycles. The zero-order chi connectivity index (χ0) is 49.7. The molecule has 6 atom stereocenters. The fraction of sp³-hybridized carbons (Fsp3) is 0.535. The van der Waals surface area contributed by atoms with Gasteiger partial charge in [-0.05, 0) is 58.6 Å². The van der Waals surface area contributed by atoms with Crippen molar-refractivity contribution in [2.24, 2.45) is 0 Å². The maximum Gasteiger partial charge on any atom is 0.321 e. The standard InChI is InChI=1S/C43H62N6O17S/c1-47(2)14-7-17-65-33-18-28(46-22-31(51)40(57)41(58)32(52)23-50)24-8-9-26-34(66-48(3)15-5-12-44-29(42(59)60)19-36(53)54)21-35(27-11-10-25(33)38(24)39(26)27)67(63,64)49(4)16-6-13-45-30(43(61)62)20-37(55)56/h8-11,18,21,29-32,40-41,44-46,50-52,57-58H,5-7,12-17,19-20,22-23H2,1-4H3,(H,53,54)(H,55,56)(H,59,60)(H,61,62)/t29?,30?,31-,32+,40+,41+/m0/s1. The predicted octanol–water partition coefficient (Wildman–Crippen LogP) is -0.576. The van der Waals surface area contributed by atoms with Crippen molar-refractivity contribution in [2.45, 2.75) is 73.5 Å². The lowest BCUT2D eigenvalue weighted by atomic mass is 9.92. The number of hydrogen-bond acceptors (Lipinski definition) is 18. The molecule has 0 saturated carbocycles. The lowest BCUT2D eigenvalue weighted by Crippen LogP contribution is -2.48. The van der Waals surface area contributed by atoms with Crippen LogP contribution in [-0.2, 0) is 29.2 Å². The normalized spacial score (nSPS) is 15.0. The zero-order valence-electron chi connectivity index (χ0n) is 37.7. The van der Waals surface area contributed by atoms with Gasteiger partial charge in [-0.15, -0.1) is 5.06 Å². The van der Waals surface area contributed by atoms with Crippen LogP contribution >= 0.6 is 0 Å². The van der Waals surface area contributed by atoms with Crippen LogP contribution in [0.1, 0.15) is 32.1 Å². The average Bonchev–Trinajstić information content (AvgIpc) is 3.27. The second kappa shape index (κ2) is 24.7. The number of hydrogen-bond donors (Lipinski definition) is 12. The van der Waals surface area contributed by atoms with Crippen molar-refractivity contribution >= 4 is 71.9 Å². The fourth-order valence-electron chi connectivity index (χ4n) is 7.41. The van der Waals surface area contributed by atoms with Crippen LogP contribution in [0.2, 0.25) is 0 Å². The molecule has 0 aromatic heterocycles. The molecule has 67 heavy (non-hydrogen) atoms. The first-order valence-electron chi connectivity index (χ1n) is 21.4. The quantitative estimate of drug-likeness (QED) is 0.0166. The molecule has 0 aliphatic carbocycles. The largest absolute Gasteiger partial charge is 0.493 e. The molecule has 0 amide bonds. The van der Waals surface area contributed by atoms with Crippen molar-refractivity contribution in [3.8, 4) is 11.5 Å². The molecule has 23 nitrogen and oxygen atoms in total. The molecule has 0 spiro atoms. The number of carboxylic acid groups (broad SMARTS) is 4. The Morgan fingerprint density at radius 1 is 0.672 bits per heavy atom. The Labute approximate surface area is 386 Å². The first kappa shape index (κ1) is 54.4. The van der Waals surface area contributed by atoms with Crippen molar-refractivity contribution < 1.29 is 83.1 Å². The molecule has 0 fully saturated rings. The van der Waals surface area contributed by atoms with Crippen molar-refractivity contribution in [3.63, 3.8) is 0 Å². The molecule has 12 N–H and O–H groups in total. The van der Waals surface area contributed by atoms with Gasteiger partial charge in [-0.3, -0.25) is 19.2 Å². The predicted molar refractivity (Wildman–Crippen MR) is 244 cm³/mol. The number of rotatable bonds is 32. The Bertz CT molecular complexity index is 2420. The number of benzene rings is 4. The van der Waals surface area contributed by atoms with E-state index in [2.05, 4.69) is 16.0 Å². The highest BCUT2D eigenvalue weighted by atomic mass is 32.2. The molecule has 0 radical (unpaired) electrons. The highest BCUT2D eigenvalue weighted by Gasteiger charge is 2.32. The third-order valence-corrected chi connectivity index (χ3v) is 12.9. The van der Waals surface area contributed by atoms with E-state index < -0.39 is 89.8 Å². The molecule has 4 aromatic carbocycles. The molecule has 0 aliphatic heterocycles. The number of aliphatic hydroxyl groups is 5. The van der Waals surface area contributed by atoms with Crippen LogP contribution in [0.3, 0.4) is 0 Å². The Kier molecular flexibility index (Phi) is 20.0. The molecule has 0 aliphatic rings. The lowest BCUT2D eigenvalue weighted by Gasteiger charge is -2.27. The Hall–Kier alpha value is -5.25. The maximum atomic E-state index is 14.7. The third kappa shape index (κ3) is 14.4. The number of carbonyl (C=O) groups is 4. The number of nitrogens with zero attached hydrogens (tertiary/aromatic N) is 3. The van der Waals surface area contributed by atoms with E-state index in [4.69, 9.17) is 19.8 Å². The van der Waals surface area contributed by atoms with E-state index in [1.165, 1.54) is 18.2 Å². The highest BCUT2D eigenvalue weighted by Crippen LogP contribution is 2.47. The minimum atomic E-state index is -4.39. The van der Waals surface area contributed by atoms with Gasteiger partial charge in [-0.1, -0.05) is 12.1 Å². The van der Waals surface area contributed by atoms with Crippen molar-refractivity contribution in [3.05, 3.63) is 36.4 Å². The monoisotopic (exact) mass is 966 g/mol. The summed E-state index contributed by atoms with van der Waals surface area (Å²) in [5.74, 6) is -4.84. The van der Waals surface area contributed by atoms with Gasteiger partial charge in [0.15, 0.2) is 5.75 Å². The third-order valence-electron chi connectivity index (χ3n) is 11.0. The molecular weight excluding hydrogens is 905 g/mol. The van der Waals surface area contributed by atoms with Gasteiger partial charge in [-0.2, -0.15) is 0 Å². The van der Waals surface area contributed by atoms with E-state index in [-0.39, 0.29) is 68.2 Å². The smallest absolute Gasteiger partial charge is 0.321 e. The van der Waals surface area contributed by atoms with Crippen LogP contribution in [0, 0.1) is 0 Å². The number of ether oxygens (including phenoxy) is 1. The van der Waals surface area contributed by atoms with Crippen LogP contribution in [0.5, 0.6) is 11.5 Å². The van der Waals surface area contributed by atoms with E-state index in [0.717, 1.165) is 4.31 Å². The highest BCUT2D eigenvalue weighted by molar-refractivity contribution is 7.89. The number of carboxylic acids is 4. The number of nitrogens with one attached hydrogen (secondary N) is 3. The van der Waals surface area contributed by atoms with Crippen molar-refractivity contribution in [1.29, 1.82) is 0 Å². The molecule has 4 aromatic rings. The van der Waals surface area contributed by atoms with Gasteiger partial charge < -0.3 is 76.4 Å². The first-order chi connectivity index (χ1) is 31.6. The summed E-state index contributed by atoms with van der Waals surface area (Å²) in [4.78, 5) is 53.6. The van der Waals surface area contributed by atoms with Gasteiger partial charge in [0.2, 0.25) is 10.0 Å². The van der Waals surface area contributed by atoms with Gasteiger partial charge in [0.1, 0.15) is 36.1 Å². The average molecular weight is 967 g/mol. The zero-order valence-corrected chi connectivity index (χ0v) is 38.5. The van der Waals surface area contributed by atoms with E-state index >= 15 is 0 Å². The lowest BCUT2D eigenvalue weighted by molar-refractivity contribution is -0.145. The number of aliphatic hydroxyl groups excluding tert-OH is 5. The number of anilines is 1. The summed E-state index contributed by atoms with van der Waals surface area (Å²) in [6, 6.07) is 7.12. The molecule has 372 valence electrons. The number of sulfonamides is 1. The minimum Gasteiger partial charge on any atom is -0.493 e. The first-order valence-corrected chi connectivity index (χ1v) is 22.9. The SMILES string of the molecule is CN(C)CCCOc1cc(NC[C@H](O)[C@@H](O)[C@H](O)[C@H](O)CO)c2ccc3c(ON(C)CCCNC(CC(=O)O)C(=O)O)cc(S(=O)(=O)N(C)CCCNC(CC(=O)O)C(=O)O)c4ccc1c2c34. The van der Waals surface area contributed by atoms with Crippen LogP contribution in [0.25, 0.3) is 32.3 Å². The van der Waals surface area contributed by atoms with Crippen LogP contribution in [-0.4, -0.2) is 210 Å². The molecule has 2 unspecified atom stereocenters. The maximum absolute atomic E-state index is 14.7. The summed E-state index contributed by atoms with van der Waals surface area (Å²) in [7, 11) is 2.35. The van der Waals surface area contributed by atoms with Crippen LogP contribution in [0.4, 0.5) is 5.69 Å². The summed E-state index contributed by atoms with van der Waals surface area (Å²) in [5, 5.41) is 100. The van der Waals surface area contributed by atoms with Crippen LogP contribution in [0.15, 0.2) is 41.3 Å². The summed E-state index contributed by atoms with van der Waals surface area (Å²) in [6.07, 6.45) is -7.43. The van der Waals surface area contributed by atoms with Gasteiger partial charge in [0.05, 0.1) is 37.1 Å². The van der Waals surface area contributed by atoms with E-state index in [9.17, 15) is 63.3 Å². The van der Waals surface area contributed by atoms with Crippen LogP contribution < -0.4 is 25.5 Å². The summed E-state index contributed by atoms with van der Waals surface area (Å²) in [5.41, 5.74) is 0.378. The minimum absolute atomic E-state index is 0.0279. The summed E-state index contributed by atoms with van der Waals surface area (Å²) in [6.45, 7) is -0.137. The van der Waals surface area contributed by atoms with Crippen molar-refractivity contribution in [1.82, 2.24) is 24.9 Å². The van der Waals surface area contributed by atoms with Gasteiger partial charge in [0.25, 0.3) is 0 Å². The Morgan fingerprint density at radius 2 is 1.19 bits per heavy atom. The molecule has 24 heteroatoms. The Balaban J connectivity index is 1.83. The van der Waals surface area contributed by atoms with Crippen molar-refractivity contribution in [2.75, 3.05) is 86.0 Å². The summed E-state index contributed by atoms with van der Waals surface area (Å²) >= 11 is 0. The molecular formula is C43H62N6O17S. The van der Waals surface area contributed by atoms with Gasteiger partial charge in [-0.25, -0.2) is 12.7 Å². The Morgan fingerprint density at radius 3 is 1.75 bits per heavy atom.